The summed E-state index contributed by atoms with van der Waals surface area (Å²) in [5, 5.41) is 1.27. The zero-order valence-electron chi connectivity index (χ0n) is 32.7. The first-order chi connectivity index (χ1) is 28.1. The lowest BCUT2D eigenvalue weighted by atomic mass is 9.87. The van der Waals surface area contributed by atoms with Crippen LogP contribution in [0.4, 0.5) is 0 Å². The third kappa shape index (κ3) is 9.90. The SMILES string of the molecule is Cc1c(Cc2cc3ccccc3s2)cc([C@@H]2O[C@H](COCc3ccccc3)C[C@H](OCc3ccccc3)[C@H]2OCc2ccccc2)c(OCc2ccccc2)c1C. The monoisotopic (exact) mass is 774 g/mol. The molecule has 0 N–H and O–H groups in total. The van der Waals surface area contributed by atoms with Gasteiger partial charge in [0.15, 0.2) is 0 Å². The van der Waals surface area contributed by atoms with E-state index in [1.165, 1.54) is 26.1 Å². The average molecular weight is 775 g/mol. The van der Waals surface area contributed by atoms with Gasteiger partial charge < -0.3 is 23.7 Å². The van der Waals surface area contributed by atoms with Crippen LogP contribution in [-0.4, -0.2) is 24.9 Å². The Morgan fingerprint density at radius 2 is 1.16 bits per heavy atom. The van der Waals surface area contributed by atoms with Gasteiger partial charge in [-0.25, -0.2) is 0 Å². The topological polar surface area (TPSA) is 46.2 Å². The van der Waals surface area contributed by atoms with Gasteiger partial charge in [0, 0.05) is 28.0 Å². The Morgan fingerprint density at radius 1 is 0.596 bits per heavy atom. The first-order valence-corrected chi connectivity index (χ1v) is 20.7. The summed E-state index contributed by atoms with van der Waals surface area (Å²) in [6.07, 6.45) is -0.0366. The van der Waals surface area contributed by atoms with Crippen LogP contribution < -0.4 is 4.74 Å². The third-order valence-corrected chi connectivity index (χ3v) is 12.0. The summed E-state index contributed by atoms with van der Waals surface area (Å²) in [5.74, 6) is 0.836. The van der Waals surface area contributed by atoms with Crippen molar-refractivity contribution in [3.8, 4) is 5.75 Å². The van der Waals surface area contributed by atoms with Crippen LogP contribution in [0.5, 0.6) is 5.75 Å². The fraction of sp³-hybridized carbons (Fsp3) is 0.255. The average Bonchev–Trinajstić information content (AvgIpc) is 3.67. The maximum Gasteiger partial charge on any atom is 0.128 e. The lowest BCUT2D eigenvalue weighted by Crippen LogP contribution is -2.47. The zero-order valence-corrected chi connectivity index (χ0v) is 33.5. The molecular formula is C51H50O5S. The number of fused-ring (bicyclic) bond motifs is 1. The Balaban J connectivity index is 1.19. The molecule has 6 aromatic carbocycles. The van der Waals surface area contributed by atoms with Crippen LogP contribution in [0.2, 0.25) is 0 Å². The minimum Gasteiger partial charge on any atom is -0.488 e. The molecule has 290 valence electrons. The van der Waals surface area contributed by atoms with Crippen molar-refractivity contribution < 1.29 is 23.7 Å². The van der Waals surface area contributed by atoms with Gasteiger partial charge in [-0.2, -0.15) is 0 Å². The molecule has 0 saturated carbocycles. The van der Waals surface area contributed by atoms with E-state index in [-0.39, 0.29) is 12.2 Å². The van der Waals surface area contributed by atoms with Crippen molar-refractivity contribution >= 4 is 21.4 Å². The summed E-state index contributed by atoms with van der Waals surface area (Å²) < 4.78 is 35.7. The highest BCUT2D eigenvalue weighted by Crippen LogP contribution is 2.44. The molecule has 1 aromatic heterocycles. The summed E-state index contributed by atoms with van der Waals surface area (Å²) in [4.78, 5) is 1.32. The lowest BCUT2D eigenvalue weighted by Gasteiger charge is -2.42. The van der Waals surface area contributed by atoms with Crippen LogP contribution in [0, 0.1) is 13.8 Å². The molecule has 6 heteroatoms. The second kappa shape index (κ2) is 18.9. The molecule has 4 atom stereocenters. The van der Waals surface area contributed by atoms with Gasteiger partial charge in [-0.15, -0.1) is 11.3 Å². The van der Waals surface area contributed by atoms with Crippen LogP contribution in [0.15, 0.2) is 158 Å². The molecule has 0 unspecified atom stereocenters. The minimum atomic E-state index is -0.500. The van der Waals surface area contributed by atoms with Crippen molar-refractivity contribution in [2.24, 2.45) is 0 Å². The maximum absolute atomic E-state index is 7.23. The van der Waals surface area contributed by atoms with Gasteiger partial charge in [0.2, 0.25) is 0 Å². The van der Waals surface area contributed by atoms with E-state index in [0.717, 1.165) is 45.6 Å². The Morgan fingerprint density at radius 3 is 1.79 bits per heavy atom. The Hall–Kier alpha value is -5.08. The van der Waals surface area contributed by atoms with Crippen LogP contribution in [-0.2, 0) is 51.8 Å². The highest BCUT2D eigenvalue weighted by atomic mass is 32.1. The molecule has 1 aliphatic heterocycles. The van der Waals surface area contributed by atoms with E-state index in [0.29, 0.717) is 39.5 Å². The molecule has 8 rings (SSSR count). The van der Waals surface area contributed by atoms with E-state index in [2.05, 4.69) is 135 Å². The minimum absolute atomic E-state index is 0.245. The molecule has 2 heterocycles. The largest absolute Gasteiger partial charge is 0.488 e. The number of rotatable bonds is 16. The number of ether oxygens (including phenoxy) is 5. The summed E-state index contributed by atoms with van der Waals surface area (Å²) >= 11 is 1.85. The Bertz CT molecular complexity index is 2280. The van der Waals surface area contributed by atoms with Crippen LogP contribution in [0.3, 0.4) is 0 Å². The Labute approximate surface area is 340 Å². The van der Waals surface area contributed by atoms with Crippen molar-refractivity contribution in [3.63, 3.8) is 0 Å². The standard InChI is InChI=1S/C51H50O5S/c1-36-37(2)49(54-33-40-21-11-5-12-22-40)46(29-43(36)28-45-27-42-25-15-16-26-48(42)57-45)50-51(55-34-41-23-13-6-14-24-41)47(53-32-39-19-9-4-10-20-39)30-44(56-50)35-52-31-38-17-7-3-8-18-38/h3-27,29,44,47,50-51H,28,30-35H2,1-2H3/t44-,47-,50-,51+/m0/s1. The molecule has 0 bridgehead atoms. The summed E-state index contributed by atoms with van der Waals surface area (Å²) in [6.45, 7) is 6.64. The predicted octanol–water partition coefficient (Wildman–Crippen LogP) is 11.9. The lowest BCUT2D eigenvalue weighted by molar-refractivity contribution is -0.219. The number of hydrogen-bond acceptors (Lipinski definition) is 6. The van der Waals surface area contributed by atoms with E-state index in [1.807, 2.05) is 47.7 Å². The van der Waals surface area contributed by atoms with Gasteiger partial charge in [0.1, 0.15) is 24.6 Å². The predicted molar refractivity (Wildman–Crippen MR) is 230 cm³/mol. The molecule has 0 radical (unpaired) electrons. The van der Waals surface area contributed by atoms with E-state index >= 15 is 0 Å². The van der Waals surface area contributed by atoms with Gasteiger partial charge in [0.05, 0.1) is 38.6 Å². The van der Waals surface area contributed by atoms with E-state index < -0.39 is 12.2 Å². The smallest absolute Gasteiger partial charge is 0.128 e. The molecule has 5 nitrogen and oxygen atoms in total. The van der Waals surface area contributed by atoms with Crippen molar-refractivity contribution in [3.05, 3.63) is 207 Å². The van der Waals surface area contributed by atoms with E-state index in [1.54, 1.807) is 0 Å². The van der Waals surface area contributed by atoms with Gasteiger partial charge in [-0.05, 0) is 76.4 Å². The fourth-order valence-corrected chi connectivity index (χ4v) is 8.77. The van der Waals surface area contributed by atoms with Gasteiger partial charge in [-0.3, -0.25) is 0 Å². The first-order valence-electron chi connectivity index (χ1n) is 19.9. The molecule has 0 aliphatic carbocycles. The number of thiophene rings is 1. The third-order valence-electron chi connectivity index (χ3n) is 10.9. The molecule has 1 saturated heterocycles. The van der Waals surface area contributed by atoms with Crippen molar-refractivity contribution in [2.75, 3.05) is 6.61 Å². The molecule has 1 aliphatic rings. The molecule has 7 aromatic rings. The molecule has 0 spiro atoms. The zero-order chi connectivity index (χ0) is 38.8. The first kappa shape index (κ1) is 38.8. The van der Waals surface area contributed by atoms with Crippen LogP contribution in [0.1, 0.15) is 61.9 Å². The second-order valence-corrected chi connectivity index (χ2v) is 16.1. The van der Waals surface area contributed by atoms with Crippen molar-refractivity contribution in [1.82, 2.24) is 0 Å². The molecule has 0 amide bonds. The van der Waals surface area contributed by atoms with Gasteiger partial charge in [-0.1, -0.05) is 140 Å². The number of hydrogen-bond donors (Lipinski definition) is 0. The normalized spacial score (nSPS) is 18.1. The highest BCUT2D eigenvalue weighted by Gasteiger charge is 2.43. The van der Waals surface area contributed by atoms with Crippen LogP contribution >= 0.6 is 11.3 Å². The second-order valence-electron chi connectivity index (χ2n) is 14.9. The van der Waals surface area contributed by atoms with Crippen LogP contribution in [0.25, 0.3) is 10.1 Å². The quantitative estimate of drug-likeness (QED) is 0.0978. The molecular weight excluding hydrogens is 725 g/mol. The fourth-order valence-electron chi connectivity index (χ4n) is 7.69. The van der Waals surface area contributed by atoms with E-state index in [4.69, 9.17) is 23.7 Å². The molecule has 1 fully saturated rings. The van der Waals surface area contributed by atoms with E-state index in [9.17, 15) is 0 Å². The van der Waals surface area contributed by atoms with Gasteiger partial charge in [0.25, 0.3) is 0 Å². The number of benzene rings is 6. The summed E-state index contributed by atoms with van der Waals surface area (Å²) in [5.41, 5.74) is 8.99. The molecule has 57 heavy (non-hydrogen) atoms. The Kier molecular flexibility index (Phi) is 12.9. The maximum atomic E-state index is 7.23. The van der Waals surface area contributed by atoms with Crippen molar-refractivity contribution in [2.45, 2.75) is 77.5 Å². The summed E-state index contributed by atoms with van der Waals surface area (Å²) in [7, 11) is 0. The highest BCUT2D eigenvalue weighted by molar-refractivity contribution is 7.19. The summed E-state index contributed by atoms with van der Waals surface area (Å²) in [6, 6.07) is 54.6. The van der Waals surface area contributed by atoms with Crippen molar-refractivity contribution in [1.29, 1.82) is 0 Å². The van der Waals surface area contributed by atoms with Gasteiger partial charge >= 0.3 is 0 Å².